The van der Waals surface area contributed by atoms with E-state index in [9.17, 15) is 9.59 Å². The molecule has 0 saturated carbocycles. The van der Waals surface area contributed by atoms with Crippen molar-refractivity contribution in [1.82, 2.24) is 10.6 Å². The Hall–Kier alpha value is -3.28. The SMILES string of the molecule is CNC(=O)COc1cccc(CC(=O)N[C@@H](C)c2oc3ccccc3c2C)c1. The first-order valence-electron chi connectivity index (χ1n) is 9.17. The number of amides is 2. The lowest BCUT2D eigenvalue weighted by atomic mass is 10.1. The number of para-hydroxylation sites is 1. The Morgan fingerprint density at radius 3 is 2.64 bits per heavy atom. The van der Waals surface area contributed by atoms with Crippen LogP contribution in [0, 0.1) is 6.92 Å². The highest BCUT2D eigenvalue weighted by Crippen LogP contribution is 2.29. The van der Waals surface area contributed by atoms with Gasteiger partial charge in [-0.3, -0.25) is 9.59 Å². The zero-order chi connectivity index (χ0) is 20.1. The van der Waals surface area contributed by atoms with Crippen molar-refractivity contribution in [2.24, 2.45) is 0 Å². The lowest BCUT2D eigenvalue weighted by Gasteiger charge is -2.13. The molecule has 0 aliphatic carbocycles. The van der Waals surface area contributed by atoms with Gasteiger partial charge in [0, 0.05) is 18.0 Å². The molecule has 0 bridgehead atoms. The van der Waals surface area contributed by atoms with Gasteiger partial charge in [0.1, 0.15) is 17.1 Å². The number of fused-ring (bicyclic) bond motifs is 1. The number of nitrogens with one attached hydrogen (secondary N) is 2. The summed E-state index contributed by atoms with van der Waals surface area (Å²) in [5, 5.41) is 6.54. The Morgan fingerprint density at radius 1 is 1.11 bits per heavy atom. The fraction of sp³-hybridized carbons (Fsp3) is 0.273. The fourth-order valence-electron chi connectivity index (χ4n) is 3.12. The van der Waals surface area contributed by atoms with Crippen molar-refractivity contribution in [3.63, 3.8) is 0 Å². The Labute approximate surface area is 163 Å². The normalized spacial score (nSPS) is 11.8. The number of furan rings is 1. The summed E-state index contributed by atoms with van der Waals surface area (Å²) in [6.07, 6.45) is 0.209. The monoisotopic (exact) mass is 380 g/mol. The highest BCUT2D eigenvalue weighted by atomic mass is 16.5. The van der Waals surface area contributed by atoms with E-state index in [0.29, 0.717) is 5.75 Å². The molecular formula is C22H24N2O4. The quantitative estimate of drug-likeness (QED) is 0.659. The van der Waals surface area contributed by atoms with Gasteiger partial charge in [0.05, 0.1) is 12.5 Å². The van der Waals surface area contributed by atoms with Gasteiger partial charge < -0.3 is 19.8 Å². The first kappa shape index (κ1) is 19.5. The number of hydrogen-bond acceptors (Lipinski definition) is 4. The number of carbonyl (C=O) groups excluding carboxylic acids is 2. The third-order valence-corrected chi connectivity index (χ3v) is 4.56. The van der Waals surface area contributed by atoms with Crippen LogP contribution in [0.2, 0.25) is 0 Å². The second kappa shape index (κ2) is 8.61. The maximum Gasteiger partial charge on any atom is 0.257 e. The van der Waals surface area contributed by atoms with Crippen molar-refractivity contribution in [2.75, 3.05) is 13.7 Å². The minimum atomic E-state index is -0.243. The molecule has 146 valence electrons. The van der Waals surface area contributed by atoms with E-state index in [1.54, 1.807) is 25.2 Å². The molecule has 1 heterocycles. The van der Waals surface area contributed by atoms with Crippen LogP contribution in [0.4, 0.5) is 0 Å². The van der Waals surface area contributed by atoms with E-state index >= 15 is 0 Å². The van der Waals surface area contributed by atoms with Crippen LogP contribution < -0.4 is 15.4 Å². The van der Waals surface area contributed by atoms with Crippen molar-refractivity contribution >= 4 is 22.8 Å². The van der Waals surface area contributed by atoms with Crippen molar-refractivity contribution in [3.8, 4) is 5.75 Å². The molecule has 3 rings (SSSR count). The Bertz CT molecular complexity index is 993. The first-order chi connectivity index (χ1) is 13.5. The van der Waals surface area contributed by atoms with Crippen LogP contribution in [-0.2, 0) is 16.0 Å². The molecule has 0 aliphatic heterocycles. The average molecular weight is 380 g/mol. The zero-order valence-corrected chi connectivity index (χ0v) is 16.2. The molecule has 6 nitrogen and oxygen atoms in total. The highest BCUT2D eigenvalue weighted by molar-refractivity contribution is 5.83. The highest BCUT2D eigenvalue weighted by Gasteiger charge is 2.18. The van der Waals surface area contributed by atoms with Crippen LogP contribution in [0.15, 0.2) is 52.9 Å². The Kier molecular flexibility index (Phi) is 5.99. The van der Waals surface area contributed by atoms with Gasteiger partial charge in [-0.15, -0.1) is 0 Å². The molecule has 1 atom stereocenters. The van der Waals surface area contributed by atoms with Crippen LogP contribution in [0.25, 0.3) is 11.0 Å². The topological polar surface area (TPSA) is 80.6 Å². The van der Waals surface area contributed by atoms with Gasteiger partial charge in [0.15, 0.2) is 6.61 Å². The summed E-state index contributed by atoms with van der Waals surface area (Å²) < 4.78 is 11.3. The predicted octanol–water partition coefficient (Wildman–Crippen LogP) is 3.29. The molecular weight excluding hydrogens is 356 g/mol. The van der Waals surface area contributed by atoms with Crippen LogP contribution in [0.1, 0.15) is 29.9 Å². The van der Waals surface area contributed by atoms with Gasteiger partial charge in [-0.1, -0.05) is 30.3 Å². The summed E-state index contributed by atoms with van der Waals surface area (Å²) in [7, 11) is 1.55. The Morgan fingerprint density at radius 2 is 1.89 bits per heavy atom. The summed E-state index contributed by atoms with van der Waals surface area (Å²) in [6, 6.07) is 14.8. The molecule has 28 heavy (non-hydrogen) atoms. The van der Waals surface area contributed by atoms with Gasteiger partial charge >= 0.3 is 0 Å². The van der Waals surface area contributed by atoms with Crippen molar-refractivity contribution in [3.05, 3.63) is 65.4 Å². The summed E-state index contributed by atoms with van der Waals surface area (Å²) in [5.74, 6) is 0.987. The molecule has 2 amide bonds. The molecule has 0 fully saturated rings. The van der Waals surface area contributed by atoms with E-state index < -0.39 is 0 Å². The summed E-state index contributed by atoms with van der Waals surface area (Å²) in [5.41, 5.74) is 2.66. The standard InChI is InChI=1S/C22H24N2O4/c1-14-18-9-4-5-10-19(18)28-22(14)15(2)24-20(25)12-16-7-6-8-17(11-16)27-13-21(26)23-3/h4-11,15H,12-13H2,1-3H3,(H,23,26)(H,24,25)/t15-/m0/s1. The molecule has 6 heteroatoms. The molecule has 0 unspecified atom stereocenters. The first-order valence-corrected chi connectivity index (χ1v) is 9.17. The number of carbonyl (C=O) groups is 2. The average Bonchev–Trinajstić information content (AvgIpc) is 3.03. The second-order valence-electron chi connectivity index (χ2n) is 6.66. The lowest BCUT2D eigenvalue weighted by Crippen LogP contribution is -2.28. The van der Waals surface area contributed by atoms with Crippen LogP contribution in [0.5, 0.6) is 5.75 Å². The maximum absolute atomic E-state index is 12.5. The molecule has 0 saturated heterocycles. The number of rotatable bonds is 7. The van der Waals surface area contributed by atoms with E-state index in [4.69, 9.17) is 9.15 Å². The minimum absolute atomic E-state index is 0.0610. The summed E-state index contributed by atoms with van der Waals surface area (Å²) >= 11 is 0. The number of likely N-dealkylation sites (N-methyl/N-ethyl adjacent to an activating group) is 1. The molecule has 2 aromatic carbocycles. The zero-order valence-electron chi connectivity index (χ0n) is 16.2. The molecule has 0 spiro atoms. The fourth-order valence-corrected chi connectivity index (χ4v) is 3.12. The molecule has 2 N–H and O–H groups in total. The number of ether oxygens (including phenoxy) is 1. The number of hydrogen-bond donors (Lipinski definition) is 2. The van der Waals surface area contributed by atoms with Gasteiger partial charge in [0.2, 0.25) is 5.91 Å². The third-order valence-electron chi connectivity index (χ3n) is 4.56. The third kappa shape index (κ3) is 4.52. The van der Waals surface area contributed by atoms with Gasteiger partial charge in [-0.25, -0.2) is 0 Å². The predicted molar refractivity (Wildman–Crippen MR) is 107 cm³/mol. The van der Waals surface area contributed by atoms with Crippen molar-refractivity contribution < 1.29 is 18.7 Å². The van der Waals surface area contributed by atoms with Crippen molar-refractivity contribution in [1.29, 1.82) is 0 Å². The second-order valence-corrected chi connectivity index (χ2v) is 6.66. The minimum Gasteiger partial charge on any atom is -0.484 e. The molecule has 1 aromatic heterocycles. The Balaban J connectivity index is 1.63. The van der Waals surface area contributed by atoms with Gasteiger partial charge in [0.25, 0.3) is 5.91 Å². The maximum atomic E-state index is 12.5. The summed E-state index contributed by atoms with van der Waals surface area (Å²) in [6.45, 7) is 3.84. The van der Waals surface area contributed by atoms with Crippen molar-refractivity contribution in [2.45, 2.75) is 26.3 Å². The largest absolute Gasteiger partial charge is 0.484 e. The van der Waals surface area contributed by atoms with Crippen LogP contribution in [0.3, 0.4) is 0 Å². The lowest BCUT2D eigenvalue weighted by molar-refractivity contribution is -0.123. The van der Waals surface area contributed by atoms with E-state index in [2.05, 4.69) is 10.6 Å². The van der Waals surface area contributed by atoms with E-state index in [-0.39, 0.29) is 30.9 Å². The number of aryl methyl sites for hydroxylation is 1. The van der Waals surface area contributed by atoms with Crippen LogP contribution in [-0.4, -0.2) is 25.5 Å². The van der Waals surface area contributed by atoms with Crippen LogP contribution >= 0.6 is 0 Å². The smallest absolute Gasteiger partial charge is 0.257 e. The molecule has 0 radical (unpaired) electrons. The van der Waals surface area contributed by atoms with E-state index in [1.165, 1.54) is 0 Å². The van der Waals surface area contributed by atoms with Gasteiger partial charge in [-0.05, 0) is 37.6 Å². The van der Waals surface area contributed by atoms with E-state index in [1.807, 2.05) is 44.2 Å². The van der Waals surface area contributed by atoms with Gasteiger partial charge in [-0.2, -0.15) is 0 Å². The van der Waals surface area contributed by atoms with E-state index in [0.717, 1.165) is 27.9 Å². The molecule has 0 aliphatic rings. The number of benzene rings is 2. The summed E-state index contributed by atoms with van der Waals surface area (Å²) in [4.78, 5) is 23.8. The molecule has 3 aromatic rings.